The first-order chi connectivity index (χ1) is 5.86. The fourth-order valence-corrected chi connectivity index (χ4v) is 1.36. The van der Waals surface area contributed by atoms with E-state index in [-0.39, 0.29) is 6.10 Å². The molecule has 1 aromatic heterocycles. The van der Waals surface area contributed by atoms with Crippen molar-refractivity contribution in [3.8, 4) is 0 Å². The number of nitrogens with zero attached hydrogens (tertiary/aromatic N) is 2. The molecule has 1 fully saturated rings. The van der Waals surface area contributed by atoms with E-state index in [2.05, 4.69) is 10.4 Å². The van der Waals surface area contributed by atoms with Gasteiger partial charge in [-0.1, -0.05) is 0 Å². The van der Waals surface area contributed by atoms with Crippen LogP contribution >= 0.6 is 0 Å². The Bertz CT molecular complexity index is 253. The highest BCUT2D eigenvalue weighted by molar-refractivity contribution is 5.04. The molecule has 0 radical (unpaired) electrons. The second kappa shape index (κ2) is 3.25. The Morgan fingerprint density at radius 1 is 1.75 bits per heavy atom. The molecule has 0 aromatic carbocycles. The average molecular weight is 167 g/mol. The lowest BCUT2D eigenvalue weighted by molar-refractivity contribution is 0.0247. The van der Waals surface area contributed by atoms with Crippen molar-refractivity contribution in [2.24, 2.45) is 7.05 Å². The van der Waals surface area contributed by atoms with Gasteiger partial charge in [-0.05, 0) is 6.07 Å². The number of hydrogen-bond donors (Lipinski definition) is 1. The summed E-state index contributed by atoms with van der Waals surface area (Å²) in [5.41, 5.74) is 1.02. The third-order valence-electron chi connectivity index (χ3n) is 1.99. The van der Waals surface area contributed by atoms with Crippen molar-refractivity contribution in [1.29, 1.82) is 0 Å². The Kier molecular flexibility index (Phi) is 2.10. The van der Waals surface area contributed by atoms with Gasteiger partial charge in [0.25, 0.3) is 0 Å². The van der Waals surface area contributed by atoms with Crippen LogP contribution in [0.5, 0.6) is 0 Å². The molecule has 1 saturated heterocycles. The number of morpholine rings is 1. The van der Waals surface area contributed by atoms with E-state index in [1.54, 1.807) is 4.68 Å². The highest BCUT2D eigenvalue weighted by Crippen LogP contribution is 2.15. The van der Waals surface area contributed by atoms with Gasteiger partial charge in [-0.3, -0.25) is 4.68 Å². The van der Waals surface area contributed by atoms with Gasteiger partial charge in [-0.15, -0.1) is 0 Å². The van der Waals surface area contributed by atoms with Crippen LogP contribution in [0.15, 0.2) is 12.3 Å². The predicted molar refractivity (Wildman–Crippen MR) is 44.8 cm³/mol. The minimum Gasteiger partial charge on any atom is -0.369 e. The second-order valence-electron chi connectivity index (χ2n) is 2.98. The molecular weight excluding hydrogens is 154 g/mol. The van der Waals surface area contributed by atoms with E-state index in [0.717, 1.165) is 25.4 Å². The van der Waals surface area contributed by atoms with Crippen LogP contribution in [0.1, 0.15) is 11.8 Å². The molecule has 12 heavy (non-hydrogen) atoms. The Balaban J connectivity index is 2.08. The van der Waals surface area contributed by atoms with Gasteiger partial charge in [-0.2, -0.15) is 5.10 Å². The van der Waals surface area contributed by atoms with Crippen LogP contribution in [0, 0.1) is 0 Å². The number of ether oxygens (including phenoxy) is 1. The molecular formula is C8H13N3O. The van der Waals surface area contributed by atoms with Gasteiger partial charge in [0, 0.05) is 26.3 Å². The molecule has 1 aliphatic rings. The van der Waals surface area contributed by atoms with Crippen LogP contribution < -0.4 is 5.32 Å². The molecule has 0 bridgehead atoms. The first-order valence-electron chi connectivity index (χ1n) is 4.18. The summed E-state index contributed by atoms with van der Waals surface area (Å²) >= 11 is 0. The van der Waals surface area contributed by atoms with Crippen molar-refractivity contribution < 1.29 is 4.74 Å². The van der Waals surface area contributed by atoms with E-state index in [1.807, 2.05) is 19.3 Å². The standard InChI is InChI=1S/C8H13N3O/c1-11-4-2-7(10-11)8-6-9-3-5-12-8/h2,4,8-9H,3,5-6H2,1H3. The summed E-state index contributed by atoms with van der Waals surface area (Å²) < 4.78 is 7.34. The smallest absolute Gasteiger partial charge is 0.114 e. The lowest BCUT2D eigenvalue weighted by Gasteiger charge is -2.21. The van der Waals surface area contributed by atoms with E-state index in [0.29, 0.717) is 0 Å². The molecule has 0 amide bonds. The monoisotopic (exact) mass is 167 g/mol. The first kappa shape index (κ1) is 7.76. The molecule has 1 atom stereocenters. The van der Waals surface area contributed by atoms with E-state index in [1.165, 1.54) is 0 Å². The van der Waals surface area contributed by atoms with Crippen LogP contribution in [0.25, 0.3) is 0 Å². The van der Waals surface area contributed by atoms with E-state index >= 15 is 0 Å². The zero-order chi connectivity index (χ0) is 8.39. The number of aromatic nitrogens is 2. The molecule has 0 saturated carbocycles. The minimum absolute atomic E-state index is 0.139. The maximum atomic E-state index is 5.54. The SMILES string of the molecule is Cn1ccc(C2CNCCO2)n1. The second-order valence-corrected chi connectivity index (χ2v) is 2.98. The van der Waals surface area contributed by atoms with E-state index in [9.17, 15) is 0 Å². The molecule has 4 heteroatoms. The predicted octanol–water partition coefficient (Wildman–Crippen LogP) is 0.0810. The van der Waals surface area contributed by atoms with Gasteiger partial charge in [0.15, 0.2) is 0 Å². The number of hydrogen-bond acceptors (Lipinski definition) is 3. The number of aryl methyl sites for hydroxylation is 1. The zero-order valence-electron chi connectivity index (χ0n) is 7.16. The van der Waals surface area contributed by atoms with Crippen molar-refractivity contribution in [3.05, 3.63) is 18.0 Å². The highest BCUT2D eigenvalue weighted by atomic mass is 16.5. The zero-order valence-corrected chi connectivity index (χ0v) is 7.16. The lowest BCUT2D eigenvalue weighted by Crippen LogP contribution is -2.33. The maximum absolute atomic E-state index is 5.54. The minimum atomic E-state index is 0.139. The average Bonchev–Trinajstić information content (AvgIpc) is 2.54. The van der Waals surface area contributed by atoms with Crippen molar-refractivity contribution in [1.82, 2.24) is 15.1 Å². The van der Waals surface area contributed by atoms with Crippen LogP contribution in [-0.4, -0.2) is 29.5 Å². The van der Waals surface area contributed by atoms with Crippen LogP contribution in [-0.2, 0) is 11.8 Å². The Hall–Kier alpha value is -0.870. The largest absolute Gasteiger partial charge is 0.369 e. The van der Waals surface area contributed by atoms with Crippen LogP contribution in [0.4, 0.5) is 0 Å². The van der Waals surface area contributed by atoms with Gasteiger partial charge in [-0.25, -0.2) is 0 Å². The van der Waals surface area contributed by atoms with Gasteiger partial charge in [0.2, 0.25) is 0 Å². The highest BCUT2D eigenvalue weighted by Gasteiger charge is 2.17. The maximum Gasteiger partial charge on any atom is 0.114 e. The molecule has 66 valence electrons. The van der Waals surface area contributed by atoms with Gasteiger partial charge < -0.3 is 10.1 Å². The Labute approximate surface area is 71.5 Å². The van der Waals surface area contributed by atoms with Gasteiger partial charge in [0.1, 0.15) is 6.10 Å². The van der Waals surface area contributed by atoms with Gasteiger partial charge in [0.05, 0.1) is 12.3 Å². The summed E-state index contributed by atoms with van der Waals surface area (Å²) in [7, 11) is 1.92. The summed E-state index contributed by atoms with van der Waals surface area (Å²) in [6.45, 7) is 2.60. The van der Waals surface area contributed by atoms with Crippen LogP contribution in [0.3, 0.4) is 0 Å². The molecule has 4 nitrogen and oxygen atoms in total. The Morgan fingerprint density at radius 3 is 3.25 bits per heavy atom. The van der Waals surface area contributed by atoms with Crippen molar-refractivity contribution in [2.45, 2.75) is 6.10 Å². The molecule has 2 heterocycles. The Morgan fingerprint density at radius 2 is 2.67 bits per heavy atom. The van der Waals surface area contributed by atoms with E-state index in [4.69, 9.17) is 4.74 Å². The third-order valence-corrected chi connectivity index (χ3v) is 1.99. The summed E-state index contributed by atoms with van der Waals surface area (Å²) in [5, 5.41) is 7.55. The summed E-state index contributed by atoms with van der Waals surface area (Å²) in [6.07, 6.45) is 2.08. The van der Waals surface area contributed by atoms with Crippen LogP contribution in [0.2, 0.25) is 0 Å². The lowest BCUT2D eigenvalue weighted by atomic mass is 10.2. The van der Waals surface area contributed by atoms with Gasteiger partial charge >= 0.3 is 0 Å². The number of rotatable bonds is 1. The van der Waals surface area contributed by atoms with Crippen molar-refractivity contribution >= 4 is 0 Å². The molecule has 1 aromatic rings. The first-order valence-corrected chi connectivity index (χ1v) is 4.18. The topological polar surface area (TPSA) is 39.1 Å². The fourth-order valence-electron chi connectivity index (χ4n) is 1.36. The summed E-state index contributed by atoms with van der Waals surface area (Å²) in [5.74, 6) is 0. The molecule has 1 unspecified atom stereocenters. The normalized spacial score (nSPS) is 24.2. The third kappa shape index (κ3) is 1.49. The molecule has 2 rings (SSSR count). The van der Waals surface area contributed by atoms with E-state index < -0.39 is 0 Å². The summed E-state index contributed by atoms with van der Waals surface area (Å²) in [4.78, 5) is 0. The fraction of sp³-hybridized carbons (Fsp3) is 0.625. The van der Waals surface area contributed by atoms with Crippen molar-refractivity contribution in [2.75, 3.05) is 19.7 Å². The molecule has 1 aliphatic heterocycles. The molecule has 0 aliphatic carbocycles. The number of nitrogens with one attached hydrogen (secondary N) is 1. The molecule has 0 spiro atoms. The summed E-state index contributed by atoms with van der Waals surface area (Å²) in [6, 6.07) is 2.00. The quantitative estimate of drug-likeness (QED) is 0.644. The van der Waals surface area contributed by atoms with Crippen molar-refractivity contribution in [3.63, 3.8) is 0 Å². The molecule has 1 N–H and O–H groups in total.